The Morgan fingerprint density at radius 2 is 2.09 bits per heavy atom. The lowest BCUT2D eigenvalue weighted by Gasteiger charge is -2.17. The quantitative estimate of drug-likeness (QED) is 0.360. The predicted molar refractivity (Wildman–Crippen MR) is 132 cm³/mol. The van der Waals surface area contributed by atoms with Gasteiger partial charge < -0.3 is 5.32 Å². The number of amides is 1. The van der Waals surface area contributed by atoms with Crippen molar-refractivity contribution in [2.24, 2.45) is 0 Å². The first kappa shape index (κ1) is 22.8. The van der Waals surface area contributed by atoms with E-state index in [0.29, 0.717) is 40.7 Å². The molecule has 1 fully saturated rings. The van der Waals surface area contributed by atoms with E-state index in [1.807, 2.05) is 13.0 Å². The van der Waals surface area contributed by atoms with Crippen LogP contribution in [-0.4, -0.2) is 39.2 Å². The van der Waals surface area contributed by atoms with Crippen LogP contribution in [0.15, 0.2) is 49.1 Å². The number of carbonyl (C=O) groups excluding carboxylic acids is 1. The lowest BCUT2D eigenvalue weighted by Crippen LogP contribution is -2.28. The Kier molecular flexibility index (Phi) is 6.00. The number of hydrogen-bond acceptors (Lipinski definition) is 7. The molecule has 34 heavy (non-hydrogen) atoms. The maximum Gasteiger partial charge on any atom is 0.280 e. The highest BCUT2D eigenvalue weighted by Gasteiger charge is 2.35. The average Bonchev–Trinajstić information content (AvgIpc) is 3.44. The van der Waals surface area contributed by atoms with Crippen LogP contribution in [0.25, 0.3) is 16.0 Å². The number of anilines is 1. The van der Waals surface area contributed by atoms with Crippen molar-refractivity contribution < 1.29 is 13.2 Å². The minimum atomic E-state index is -3.38. The molecule has 0 aliphatic heterocycles. The zero-order valence-corrected chi connectivity index (χ0v) is 20.5. The van der Waals surface area contributed by atoms with Crippen LogP contribution < -0.4 is 10.0 Å². The summed E-state index contributed by atoms with van der Waals surface area (Å²) in [5, 5.41) is 7.85. The average molecular weight is 517 g/mol. The van der Waals surface area contributed by atoms with Crippen molar-refractivity contribution in [1.29, 1.82) is 0 Å². The summed E-state index contributed by atoms with van der Waals surface area (Å²) in [5.74, 6) is -0.330. The van der Waals surface area contributed by atoms with Gasteiger partial charge in [-0.05, 0) is 43.5 Å². The highest BCUT2D eigenvalue weighted by Crippen LogP contribution is 2.32. The number of nitrogens with one attached hydrogen (secondary N) is 2. The second kappa shape index (κ2) is 8.97. The van der Waals surface area contributed by atoms with Gasteiger partial charge in [-0.1, -0.05) is 18.5 Å². The van der Waals surface area contributed by atoms with Crippen molar-refractivity contribution in [2.75, 3.05) is 4.72 Å². The molecule has 12 heteroatoms. The summed E-state index contributed by atoms with van der Waals surface area (Å²) in [5.41, 5.74) is 2.67. The highest BCUT2D eigenvalue weighted by molar-refractivity contribution is 7.93. The molecule has 0 radical (unpaired) electrons. The Labute approximate surface area is 205 Å². The summed E-state index contributed by atoms with van der Waals surface area (Å²) >= 11 is 7.38. The van der Waals surface area contributed by atoms with Crippen molar-refractivity contribution in [3.8, 4) is 10.4 Å². The van der Waals surface area contributed by atoms with Gasteiger partial charge in [-0.15, -0.1) is 11.3 Å². The first-order chi connectivity index (χ1) is 16.3. The normalized spacial score (nSPS) is 14.8. The molecule has 0 bridgehead atoms. The highest BCUT2D eigenvalue weighted by atomic mass is 35.5. The summed E-state index contributed by atoms with van der Waals surface area (Å²) in [4.78, 5) is 22.4. The molecule has 5 rings (SSSR count). The van der Waals surface area contributed by atoms with Crippen molar-refractivity contribution in [3.63, 3.8) is 0 Å². The molecular weight excluding hydrogens is 496 g/mol. The van der Waals surface area contributed by atoms with Crippen LogP contribution >= 0.6 is 22.9 Å². The van der Waals surface area contributed by atoms with Gasteiger partial charge in [-0.3, -0.25) is 14.5 Å². The number of thiazole rings is 1. The monoisotopic (exact) mass is 516 g/mol. The van der Waals surface area contributed by atoms with Gasteiger partial charge in [0.1, 0.15) is 0 Å². The van der Waals surface area contributed by atoms with Crippen molar-refractivity contribution >= 4 is 50.1 Å². The summed E-state index contributed by atoms with van der Waals surface area (Å²) in [6, 6.07) is 6.42. The van der Waals surface area contributed by atoms with Crippen LogP contribution in [0.5, 0.6) is 0 Å². The molecule has 1 atom stereocenters. The van der Waals surface area contributed by atoms with Gasteiger partial charge in [0.25, 0.3) is 5.91 Å². The van der Waals surface area contributed by atoms with Gasteiger partial charge >= 0.3 is 0 Å². The third-order valence-corrected chi connectivity index (χ3v) is 8.66. The molecule has 4 aromatic rings. The largest absolute Gasteiger partial charge is 0.342 e. The second-order valence-corrected chi connectivity index (χ2v) is 11.4. The fourth-order valence-electron chi connectivity index (χ4n) is 3.58. The van der Waals surface area contributed by atoms with Gasteiger partial charge in [-0.25, -0.2) is 17.9 Å². The van der Waals surface area contributed by atoms with Crippen LogP contribution in [-0.2, 0) is 10.0 Å². The maximum absolute atomic E-state index is 13.0. The Hall–Kier alpha value is -3.02. The Morgan fingerprint density at radius 1 is 1.26 bits per heavy atom. The zero-order chi connectivity index (χ0) is 23.9. The number of rotatable bonds is 8. The van der Waals surface area contributed by atoms with E-state index in [2.05, 4.69) is 25.1 Å². The molecule has 0 spiro atoms. The van der Waals surface area contributed by atoms with Crippen LogP contribution in [0.2, 0.25) is 5.02 Å². The number of halogens is 1. The Bertz CT molecular complexity index is 1480. The lowest BCUT2D eigenvalue weighted by atomic mass is 10.1. The topological polar surface area (TPSA) is 118 Å². The molecule has 176 valence electrons. The van der Waals surface area contributed by atoms with E-state index in [1.54, 1.807) is 41.3 Å². The van der Waals surface area contributed by atoms with E-state index >= 15 is 0 Å². The van der Waals surface area contributed by atoms with E-state index in [1.165, 1.54) is 17.5 Å². The van der Waals surface area contributed by atoms with Gasteiger partial charge in [-0.2, -0.15) is 5.10 Å². The van der Waals surface area contributed by atoms with Gasteiger partial charge in [0.05, 0.1) is 39.3 Å². The summed E-state index contributed by atoms with van der Waals surface area (Å²) in [6.07, 6.45) is 8.60. The Morgan fingerprint density at radius 3 is 2.85 bits per heavy atom. The van der Waals surface area contributed by atoms with Crippen LogP contribution in [0.1, 0.15) is 47.7 Å². The number of carbonyl (C=O) groups is 1. The summed E-state index contributed by atoms with van der Waals surface area (Å²) < 4.78 is 28.8. The van der Waals surface area contributed by atoms with Crippen LogP contribution in [0.3, 0.4) is 0 Å². The molecule has 1 aliphatic carbocycles. The van der Waals surface area contributed by atoms with Crippen molar-refractivity contribution in [2.45, 2.75) is 37.5 Å². The smallest absolute Gasteiger partial charge is 0.280 e. The van der Waals surface area contributed by atoms with E-state index < -0.39 is 16.1 Å². The molecular formula is C22H21ClN6O3S2. The third-order valence-electron chi connectivity index (χ3n) is 5.52. The molecule has 1 amide bonds. The molecule has 1 aliphatic rings. The number of pyridine rings is 2. The molecule has 4 aromatic heterocycles. The van der Waals surface area contributed by atoms with E-state index in [0.717, 1.165) is 16.0 Å². The maximum atomic E-state index is 13.0. The number of nitrogens with zero attached hydrogens (tertiary/aromatic N) is 4. The second-order valence-electron chi connectivity index (χ2n) is 8.01. The molecule has 1 saturated carbocycles. The lowest BCUT2D eigenvalue weighted by molar-refractivity contribution is 0.0934. The van der Waals surface area contributed by atoms with Crippen LogP contribution in [0, 0.1) is 0 Å². The molecule has 0 saturated heterocycles. The fourth-order valence-corrected chi connectivity index (χ4v) is 5.96. The van der Waals surface area contributed by atoms with E-state index in [4.69, 9.17) is 11.6 Å². The van der Waals surface area contributed by atoms with Crippen molar-refractivity contribution in [3.05, 3.63) is 64.8 Å². The molecule has 0 unspecified atom stereocenters. The van der Waals surface area contributed by atoms with E-state index in [9.17, 15) is 13.2 Å². The summed E-state index contributed by atoms with van der Waals surface area (Å²) in [7, 11) is -3.38. The van der Waals surface area contributed by atoms with Crippen molar-refractivity contribution in [1.82, 2.24) is 24.9 Å². The minimum absolute atomic E-state index is 0.306. The van der Waals surface area contributed by atoms with Gasteiger partial charge in [0, 0.05) is 29.2 Å². The van der Waals surface area contributed by atoms with Crippen LogP contribution in [0.4, 0.5) is 5.69 Å². The van der Waals surface area contributed by atoms with Gasteiger partial charge in [0.15, 0.2) is 5.01 Å². The molecule has 2 N–H and O–H groups in total. The molecule has 9 nitrogen and oxygen atoms in total. The number of sulfonamides is 1. The fraction of sp³-hybridized carbons (Fsp3) is 0.273. The van der Waals surface area contributed by atoms with E-state index in [-0.39, 0.29) is 11.2 Å². The zero-order valence-electron chi connectivity index (χ0n) is 18.1. The Balaban J connectivity index is 1.33. The standard InChI is InChI=1S/C22H21ClN6O3S2/c1-2-17(18-10-14(5-7-24-18)28-34(31,32)15-3-4-15)27-21(30)22-25-12-20(33-22)16-11-26-29-8-6-13(23)9-19(16)29/h5-12,15,17H,2-4H2,1H3,(H,24,28)(H,27,30)/t17-/m0/s1. The first-order valence-corrected chi connectivity index (χ1v) is 13.5. The summed E-state index contributed by atoms with van der Waals surface area (Å²) in [6.45, 7) is 1.92. The molecule has 4 heterocycles. The number of fused-ring (bicyclic) bond motifs is 1. The SMILES string of the molecule is CC[C@H](NC(=O)c1ncc(-c2cnn3ccc(Cl)cc23)s1)c1cc(NS(=O)(=O)C2CC2)ccn1. The minimum Gasteiger partial charge on any atom is -0.342 e. The first-order valence-electron chi connectivity index (χ1n) is 10.7. The third kappa shape index (κ3) is 4.63. The predicted octanol–water partition coefficient (Wildman–Crippen LogP) is 4.29. The number of aromatic nitrogens is 4. The number of hydrogen-bond donors (Lipinski definition) is 2. The van der Waals surface area contributed by atoms with Gasteiger partial charge in [0.2, 0.25) is 10.0 Å². The molecule has 0 aromatic carbocycles.